The summed E-state index contributed by atoms with van der Waals surface area (Å²) in [4.78, 5) is 17.7. The van der Waals surface area contributed by atoms with E-state index in [1.807, 2.05) is 24.3 Å². The first-order chi connectivity index (χ1) is 9.90. The molecule has 0 aromatic heterocycles. The van der Waals surface area contributed by atoms with Crippen molar-refractivity contribution in [2.75, 3.05) is 27.2 Å². The van der Waals surface area contributed by atoms with Gasteiger partial charge >= 0.3 is 0 Å². The number of guanidine groups is 1. The Labute approximate surface area is 127 Å². The van der Waals surface area contributed by atoms with Crippen molar-refractivity contribution in [3.05, 3.63) is 35.4 Å². The smallest absolute Gasteiger partial charge is 0.253 e. The van der Waals surface area contributed by atoms with Crippen LogP contribution in [0.2, 0.25) is 0 Å². The fourth-order valence-corrected chi connectivity index (χ4v) is 1.79. The molecule has 0 spiro atoms. The molecule has 1 rings (SSSR count). The van der Waals surface area contributed by atoms with Gasteiger partial charge in [0, 0.05) is 32.7 Å². The van der Waals surface area contributed by atoms with Gasteiger partial charge in [-0.3, -0.25) is 9.79 Å². The van der Waals surface area contributed by atoms with Crippen LogP contribution in [0, 0.1) is 5.92 Å². The minimum Gasteiger partial charge on any atom is -0.370 e. The summed E-state index contributed by atoms with van der Waals surface area (Å²) in [6.45, 7) is 5.63. The van der Waals surface area contributed by atoms with Gasteiger partial charge in [0.05, 0.1) is 0 Å². The Bertz CT molecular complexity index is 495. The molecule has 116 valence electrons. The number of carbonyl (C=O) groups is 1. The standard InChI is InChI=1S/C16H26N4O/c1-12(2)11-19-16(17)18-9-8-13-6-5-7-14(10-13)15(21)20(3)4/h5-7,10,12H,8-9,11H2,1-4H3,(H3,17,18,19). The number of nitrogens with zero attached hydrogens (tertiary/aromatic N) is 2. The van der Waals surface area contributed by atoms with E-state index in [1.54, 1.807) is 19.0 Å². The number of rotatable bonds is 6. The third-order valence-corrected chi connectivity index (χ3v) is 2.93. The summed E-state index contributed by atoms with van der Waals surface area (Å²) in [5.41, 5.74) is 7.59. The van der Waals surface area contributed by atoms with E-state index in [2.05, 4.69) is 24.2 Å². The molecule has 1 aromatic rings. The van der Waals surface area contributed by atoms with Gasteiger partial charge in [-0.1, -0.05) is 26.0 Å². The lowest BCUT2D eigenvalue weighted by molar-refractivity contribution is 0.0827. The van der Waals surface area contributed by atoms with Gasteiger partial charge in [0.1, 0.15) is 0 Å². The maximum Gasteiger partial charge on any atom is 0.253 e. The van der Waals surface area contributed by atoms with E-state index in [0.717, 1.165) is 18.5 Å². The van der Waals surface area contributed by atoms with Crippen LogP contribution in [0.25, 0.3) is 0 Å². The Balaban J connectivity index is 2.51. The molecule has 1 aromatic carbocycles. The molecule has 3 N–H and O–H groups in total. The molecule has 0 bridgehead atoms. The van der Waals surface area contributed by atoms with Crippen molar-refractivity contribution in [3.63, 3.8) is 0 Å². The molecule has 5 heteroatoms. The van der Waals surface area contributed by atoms with Gasteiger partial charge in [-0.25, -0.2) is 0 Å². The molecule has 0 unspecified atom stereocenters. The summed E-state index contributed by atoms with van der Waals surface area (Å²) < 4.78 is 0. The SMILES string of the molecule is CC(C)CN=C(N)NCCc1cccc(C(=O)N(C)C)c1. The minimum absolute atomic E-state index is 0.0165. The zero-order valence-electron chi connectivity index (χ0n) is 13.4. The fraction of sp³-hybridized carbons (Fsp3) is 0.500. The molecule has 21 heavy (non-hydrogen) atoms. The number of aliphatic imine (C=N–C) groups is 1. The third-order valence-electron chi connectivity index (χ3n) is 2.93. The van der Waals surface area contributed by atoms with Gasteiger partial charge in [-0.05, 0) is 30.0 Å². The van der Waals surface area contributed by atoms with Crippen LogP contribution >= 0.6 is 0 Å². The van der Waals surface area contributed by atoms with Crippen molar-refractivity contribution in [2.45, 2.75) is 20.3 Å². The van der Waals surface area contributed by atoms with E-state index in [1.165, 1.54) is 0 Å². The predicted octanol–water partition coefficient (Wildman–Crippen LogP) is 1.49. The number of amides is 1. The van der Waals surface area contributed by atoms with Crippen molar-refractivity contribution >= 4 is 11.9 Å². The number of nitrogens with two attached hydrogens (primary N) is 1. The highest BCUT2D eigenvalue weighted by Gasteiger charge is 2.07. The number of hydrogen-bond acceptors (Lipinski definition) is 2. The van der Waals surface area contributed by atoms with Crippen LogP contribution in [0.15, 0.2) is 29.3 Å². The Morgan fingerprint density at radius 2 is 2.10 bits per heavy atom. The second kappa shape index (κ2) is 8.29. The summed E-state index contributed by atoms with van der Waals surface area (Å²) in [5.74, 6) is 0.992. The van der Waals surface area contributed by atoms with Crippen molar-refractivity contribution < 1.29 is 4.79 Å². The second-order valence-corrected chi connectivity index (χ2v) is 5.70. The monoisotopic (exact) mass is 290 g/mol. The molecule has 0 radical (unpaired) electrons. The molecule has 0 aliphatic heterocycles. The topological polar surface area (TPSA) is 70.7 Å². The van der Waals surface area contributed by atoms with Crippen molar-refractivity contribution in [1.82, 2.24) is 10.2 Å². The minimum atomic E-state index is 0.0165. The molecule has 5 nitrogen and oxygen atoms in total. The second-order valence-electron chi connectivity index (χ2n) is 5.70. The summed E-state index contributed by atoms with van der Waals surface area (Å²) in [7, 11) is 3.50. The third kappa shape index (κ3) is 6.29. The van der Waals surface area contributed by atoms with E-state index in [0.29, 0.717) is 24.0 Å². The van der Waals surface area contributed by atoms with Gasteiger partial charge < -0.3 is 16.0 Å². The molecular weight excluding hydrogens is 264 g/mol. The number of carbonyl (C=O) groups excluding carboxylic acids is 1. The Kier molecular flexibility index (Phi) is 6.72. The van der Waals surface area contributed by atoms with E-state index in [-0.39, 0.29) is 5.91 Å². The highest BCUT2D eigenvalue weighted by molar-refractivity contribution is 5.94. The fourth-order valence-electron chi connectivity index (χ4n) is 1.79. The molecule has 0 saturated heterocycles. The van der Waals surface area contributed by atoms with E-state index < -0.39 is 0 Å². The van der Waals surface area contributed by atoms with Gasteiger partial charge in [-0.15, -0.1) is 0 Å². The molecule has 0 heterocycles. The van der Waals surface area contributed by atoms with Crippen LogP contribution in [0.3, 0.4) is 0 Å². The quantitative estimate of drug-likeness (QED) is 0.616. The number of nitrogens with one attached hydrogen (secondary N) is 1. The predicted molar refractivity (Wildman–Crippen MR) is 87.5 cm³/mol. The van der Waals surface area contributed by atoms with E-state index in [9.17, 15) is 4.79 Å². The average Bonchev–Trinajstić information content (AvgIpc) is 2.44. The highest BCUT2D eigenvalue weighted by Crippen LogP contribution is 2.07. The maximum absolute atomic E-state index is 11.9. The summed E-state index contributed by atoms with van der Waals surface area (Å²) >= 11 is 0. The Morgan fingerprint density at radius 3 is 2.71 bits per heavy atom. The van der Waals surface area contributed by atoms with Gasteiger partial charge in [0.15, 0.2) is 5.96 Å². The molecule has 1 amide bonds. The first-order valence-electron chi connectivity index (χ1n) is 7.24. The molecule has 0 fully saturated rings. The van der Waals surface area contributed by atoms with Crippen molar-refractivity contribution in [1.29, 1.82) is 0 Å². The van der Waals surface area contributed by atoms with Gasteiger partial charge in [0.2, 0.25) is 0 Å². The highest BCUT2D eigenvalue weighted by atomic mass is 16.2. The average molecular weight is 290 g/mol. The van der Waals surface area contributed by atoms with Crippen molar-refractivity contribution in [2.24, 2.45) is 16.6 Å². The van der Waals surface area contributed by atoms with Gasteiger partial charge in [0.25, 0.3) is 5.91 Å². The molecule has 0 saturated carbocycles. The lowest BCUT2D eigenvalue weighted by atomic mass is 10.1. The first-order valence-corrected chi connectivity index (χ1v) is 7.24. The lowest BCUT2D eigenvalue weighted by Crippen LogP contribution is -2.33. The molecular formula is C16H26N4O. The maximum atomic E-state index is 11.9. The largest absolute Gasteiger partial charge is 0.370 e. The van der Waals surface area contributed by atoms with Crippen molar-refractivity contribution in [3.8, 4) is 0 Å². The van der Waals surface area contributed by atoms with Crippen LogP contribution in [-0.4, -0.2) is 44.0 Å². The zero-order chi connectivity index (χ0) is 15.8. The summed E-state index contributed by atoms with van der Waals surface area (Å²) in [6, 6.07) is 7.67. The molecule has 0 atom stereocenters. The summed E-state index contributed by atoms with van der Waals surface area (Å²) in [5, 5.41) is 3.09. The molecule has 0 aliphatic carbocycles. The van der Waals surface area contributed by atoms with Crippen LogP contribution in [0.1, 0.15) is 29.8 Å². The van der Waals surface area contributed by atoms with Crippen LogP contribution in [-0.2, 0) is 6.42 Å². The summed E-state index contributed by atoms with van der Waals surface area (Å²) in [6.07, 6.45) is 0.798. The Morgan fingerprint density at radius 1 is 1.38 bits per heavy atom. The molecule has 0 aliphatic rings. The van der Waals surface area contributed by atoms with E-state index >= 15 is 0 Å². The van der Waals surface area contributed by atoms with Crippen LogP contribution in [0.4, 0.5) is 0 Å². The normalized spacial score (nSPS) is 11.6. The van der Waals surface area contributed by atoms with E-state index in [4.69, 9.17) is 5.73 Å². The van der Waals surface area contributed by atoms with Crippen LogP contribution < -0.4 is 11.1 Å². The zero-order valence-corrected chi connectivity index (χ0v) is 13.4. The number of hydrogen-bond donors (Lipinski definition) is 2. The Hall–Kier alpha value is -2.04. The van der Waals surface area contributed by atoms with Gasteiger partial charge in [-0.2, -0.15) is 0 Å². The lowest BCUT2D eigenvalue weighted by Gasteiger charge is -2.11. The first kappa shape index (κ1) is 17.0. The van der Waals surface area contributed by atoms with Crippen LogP contribution in [0.5, 0.6) is 0 Å². The number of benzene rings is 1.